The highest BCUT2D eigenvalue weighted by atomic mass is 16.5. The van der Waals surface area contributed by atoms with Crippen molar-refractivity contribution in [2.45, 2.75) is 26.5 Å². The second-order valence-electron chi connectivity index (χ2n) is 5.65. The molecule has 114 valence electrons. The molecule has 0 radical (unpaired) electrons. The molecule has 0 bridgehead atoms. The van der Waals surface area contributed by atoms with Gasteiger partial charge in [0.1, 0.15) is 0 Å². The first-order valence-corrected chi connectivity index (χ1v) is 7.39. The molecule has 1 aliphatic heterocycles. The summed E-state index contributed by atoms with van der Waals surface area (Å²) >= 11 is 0. The Labute approximate surface area is 129 Å². The number of carbonyl (C=O) groups is 1. The van der Waals surface area contributed by atoms with Gasteiger partial charge < -0.3 is 15.2 Å². The Morgan fingerprint density at radius 2 is 2.09 bits per heavy atom. The molecule has 2 aromatic carbocycles. The molecular formula is C18H19NO3. The largest absolute Gasteiger partial charge is 0.478 e. The molecule has 4 nitrogen and oxygen atoms in total. The van der Waals surface area contributed by atoms with Crippen molar-refractivity contribution in [3.63, 3.8) is 0 Å². The average molecular weight is 297 g/mol. The van der Waals surface area contributed by atoms with Gasteiger partial charge in [-0.3, -0.25) is 0 Å². The number of carboxylic acid groups (broad SMARTS) is 1. The van der Waals surface area contributed by atoms with Gasteiger partial charge in [-0.1, -0.05) is 18.2 Å². The van der Waals surface area contributed by atoms with Crippen molar-refractivity contribution < 1.29 is 14.6 Å². The predicted octanol–water partition coefficient (Wildman–Crippen LogP) is 3.38. The van der Waals surface area contributed by atoms with Gasteiger partial charge in [0.25, 0.3) is 0 Å². The average Bonchev–Trinajstić information content (AvgIpc) is 2.52. The van der Waals surface area contributed by atoms with Crippen LogP contribution in [0.25, 0.3) is 0 Å². The summed E-state index contributed by atoms with van der Waals surface area (Å²) in [6.45, 7) is 4.06. The number of aryl methyl sites for hydroxylation is 1. The van der Waals surface area contributed by atoms with Gasteiger partial charge in [-0.05, 0) is 53.8 Å². The maximum Gasteiger partial charge on any atom is 0.335 e. The Bertz CT molecular complexity index is 709. The number of aromatic carboxylic acids is 1. The van der Waals surface area contributed by atoms with Crippen LogP contribution in [0.15, 0.2) is 36.4 Å². The summed E-state index contributed by atoms with van der Waals surface area (Å²) in [4.78, 5) is 11.1. The van der Waals surface area contributed by atoms with E-state index in [9.17, 15) is 4.79 Å². The van der Waals surface area contributed by atoms with Gasteiger partial charge in [-0.25, -0.2) is 4.79 Å². The molecule has 0 atom stereocenters. The van der Waals surface area contributed by atoms with Gasteiger partial charge in [0.05, 0.1) is 18.8 Å². The van der Waals surface area contributed by atoms with Gasteiger partial charge >= 0.3 is 5.97 Å². The fourth-order valence-electron chi connectivity index (χ4n) is 2.74. The lowest BCUT2D eigenvalue weighted by Gasteiger charge is -2.17. The molecule has 0 amide bonds. The third-order valence-corrected chi connectivity index (χ3v) is 3.86. The van der Waals surface area contributed by atoms with Crippen molar-refractivity contribution in [2.24, 2.45) is 0 Å². The normalized spacial score (nSPS) is 13.5. The number of anilines is 1. The van der Waals surface area contributed by atoms with Crippen LogP contribution in [0, 0.1) is 6.92 Å². The smallest absolute Gasteiger partial charge is 0.335 e. The van der Waals surface area contributed by atoms with Crippen LogP contribution in [0.4, 0.5) is 5.69 Å². The van der Waals surface area contributed by atoms with Crippen molar-refractivity contribution in [1.82, 2.24) is 0 Å². The monoisotopic (exact) mass is 297 g/mol. The molecule has 2 aromatic rings. The summed E-state index contributed by atoms with van der Waals surface area (Å²) in [7, 11) is 0. The highest BCUT2D eigenvalue weighted by Crippen LogP contribution is 2.20. The summed E-state index contributed by atoms with van der Waals surface area (Å²) in [6, 6.07) is 11.7. The minimum atomic E-state index is -0.902. The van der Waals surface area contributed by atoms with E-state index in [2.05, 4.69) is 23.5 Å². The second-order valence-corrected chi connectivity index (χ2v) is 5.65. The standard InChI is InChI=1S/C18H19NO3/c1-12-6-16(18(20)21)9-17(7-12)19-10-13-2-3-15-11-22-5-4-14(15)8-13/h2-3,6-9,19H,4-5,10-11H2,1H3,(H,20,21). The van der Waals surface area contributed by atoms with Crippen LogP contribution in [0.1, 0.15) is 32.6 Å². The van der Waals surface area contributed by atoms with Gasteiger partial charge in [-0.15, -0.1) is 0 Å². The van der Waals surface area contributed by atoms with Crippen LogP contribution in [0.3, 0.4) is 0 Å². The molecule has 0 aliphatic carbocycles. The Balaban J connectivity index is 1.73. The van der Waals surface area contributed by atoms with Gasteiger partial charge in [0, 0.05) is 12.2 Å². The van der Waals surface area contributed by atoms with E-state index in [-0.39, 0.29) is 0 Å². The number of benzene rings is 2. The number of carboxylic acids is 1. The SMILES string of the molecule is Cc1cc(NCc2ccc3c(c2)CCOC3)cc(C(=O)O)c1. The number of fused-ring (bicyclic) bond motifs is 1. The van der Waals surface area contributed by atoms with E-state index in [1.807, 2.05) is 13.0 Å². The highest BCUT2D eigenvalue weighted by Gasteiger charge is 2.10. The molecule has 0 saturated carbocycles. The van der Waals surface area contributed by atoms with E-state index in [1.165, 1.54) is 16.7 Å². The summed E-state index contributed by atoms with van der Waals surface area (Å²) in [5.74, 6) is -0.902. The van der Waals surface area contributed by atoms with E-state index in [4.69, 9.17) is 9.84 Å². The molecule has 1 aliphatic rings. The van der Waals surface area contributed by atoms with Crippen molar-refractivity contribution in [2.75, 3.05) is 11.9 Å². The zero-order chi connectivity index (χ0) is 15.5. The molecule has 3 rings (SSSR count). The second kappa shape index (κ2) is 6.20. The molecular weight excluding hydrogens is 278 g/mol. The molecule has 4 heteroatoms. The van der Waals surface area contributed by atoms with Crippen LogP contribution >= 0.6 is 0 Å². The lowest BCUT2D eigenvalue weighted by atomic mass is 10.0. The van der Waals surface area contributed by atoms with Crippen LogP contribution in [0.5, 0.6) is 0 Å². The minimum absolute atomic E-state index is 0.310. The zero-order valence-electron chi connectivity index (χ0n) is 12.6. The first-order valence-electron chi connectivity index (χ1n) is 7.39. The van der Waals surface area contributed by atoms with Gasteiger partial charge in [0.2, 0.25) is 0 Å². The molecule has 1 heterocycles. The molecule has 0 aromatic heterocycles. The first-order chi connectivity index (χ1) is 10.6. The summed E-state index contributed by atoms with van der Waals surface area (Å²) < 4.78 is 5.44. The van der Waals surface area contributed by atoms with Crippen LogP contribution < -0.4 is 5.32 Å². The van der Waals surface area contributed by atoms with E-state index >= 15 is 0 Å². The van der Waals surface area contributed by atoms with Crippen molar-refractivity contribution in [1.29, 1.82) is 0 Å². The predicted molar refractivity (Wildman–Crippen MR) is 85.3 cm³/mol. The van der Waals surface area contributed by atoms with E-state index in [1.54, 1.807) is 12.1 Å². The third-order valence-electron chi connectivity index (χ3n) is 3.86. The molecule has 22 heavy (non-hydrogen) atoms. The van der Waals surface area contributed by atoms with E-state index in [0.29, 0.717) is 18.7 Å². The topological polar surface area (TPSA) is 58.6 Å². The molecule has 0 saturated heterocycles. The number of rotatable bonds is 4. The van der Waals surface area contributed by atoms with Crippen molar-refractivity contribution >= 4 is 11.7 Å². The molecule has 2 N–H and O–H groups in total. The molecule has 0 unspecified atom stereocenters. The van der Waals surface area contributed by atoms with E-state index in [0.717, 1.165) is 24.3 Å². The maximum absolute atomic E-state index is 11.1. The lowest BCUT2D eigenvalue weighted by molar-refractivity contribution is 0.0697. The summed E-state index contributed by atoms with van der Waals surface area (Å²) in [6.07, 6.45) is 0.955. The summed E-state index contributed by atoms with van der Waals surface area (Å²) in [5, 5.41) is 12.4. The van der Waals surface area contributed by atoms with Crippen LogP contribution in [-0.2, 0) is 24.3 Å². The number of ether oxygens (including phenoxy) is 1. The first kappa shape index (κ1) is 14.6. The quantitative estimate of drug-likeness (QED) is 0.908. The Morgan fingerprint density at radius 1 is 1.23 bits per heavy atom. The number of nitrogens with one attached hydrogen (secondary N) is 1. The molecule has 0 fully saturated rings. The Kier molecular flexibility index (Phi) is 4.11. The fraction of sp³-hybridized carbons (Fsp3) is 0.278. The maximum atomic E-state index is 11.1. The lowest BCUT2D eigenvalue weighted by Crippen LogP contribution is -2.11. The Hall–Kier alpha value is -2.33. The minimum Gasteiger partial charge on any atom is -0.478 e. The van der Waals surface area contributed by atoms with Crippen LogP contribution in [0.2, 0.25) is 0 Å². The van der Waals surface area contributed by atoms with E-state index < -0.39 is 5.97 Å². The zero-order valence-corrected chi connectivity index (χ0v) is 12.6. The summed E-state index contributed by atoms with van der Waals surface area (Å²) in [5.41, 5.74) is 5.88. The third kappa shape index (κ3) is 3.28. The van der Waals surface area contributed by atoms with Gasteiger partial charge in [-0.2, -0.15) is 0 Å². The van der Waals surface area contributed by atoms with Gasteiger partial charge in [0.15, 0.2) is 0 Å². The Morgan fingerprint density at radius 3 is 2.91 bits per heavy atom. The van der Waals surface area contributed by atoms with Crippen molar-refractivity contribution in [3.8, 4) is 0 Å². The molecule has 0 spiro atoms. The van der Waals surface area contributed by atoms with Crippen molar-refractivity contribution in [3.05, 3.63) is 64.2 Å². The van der Waals surface area contributed by atoms with Crippen LogP contribution in [-0.4, -0.2) is 17.7 Å². The number of hydrogen-bond donors (Lipinski definition) is 2. The fourth-order valence-corrected chi connectivity index (χ4v) is 2.74. The highest BCUT2D eigenvalue weighted by molar-refractivity contribution is 5.89. The number of hydrogen-bond acceptors (Lipinski definition) is 3.